The van der Waals surface area contributed by atoms with Crippen LogP contribution in [-0.2, 0) is 17.8 Å². The van der Waals surface area contributed by atoms with Gasteiger partial charge in [-0.2, -0.15) is 0 Å². The Hall–Kier alpha value is -2.95. The lowest BCUT2D eigenvalue weighted by atomic mass is 9.98. The third kappa shape index (κ3) is 4.30. The molecule has 3 aromatic rings. The van der Waals surface area contributed by atoms with E-state index in [0.29, 0.717) is 13.0 Å². The maximum absolute atomic E-state index is 12.9. The molecule has 0 saturated carbocycles. The Labute approximate surface area is 178 Å². The Kier molecular flexibility index (Phi) is 5.98. The molecule has 1 fully saturated rings. The molecule has 0 N–H and O–H groups in total. The fourth-order valence-corrected chi connectivity index (χ4v) is 4.28. The number of aromatic nitrogens is 1. The van der Waals surface area contributed by atoms with E-state index in [0.717, 1.165) is 65.4 Å². The summed E-state index contributed by atoms with van der Waals surface area (Å²) in [5.41, 5.74) is 3.31. The van der Waals surface area contributed by atoms with Gasteiger partial charge in [0.1, 0.15) is 11.5 Å². The smallest absolute Gasteiger partial charge is 0.227 e. The topological polar surface area (TPSA) is 43.7 Å². The number of nitrogens with zero attached hydrogens (tertiary/aromatic N) is 2. The number of benzene rings is 2. The molecule has 0 bridgehead atoms. The Bertz CT molecular complexity index is 1010. The van der Waals surface area contributed by atoms with Crippen molar-refractivity contribution < 1.29 is 14.3 Å². The molecule has 0 atom stereocenters. The average molecular weight is 407 g/mol. The molecule has 1 aromatic heterocycles. The minimum absolute atomic E-state index is 0.229. The van der Waals surface area contributed by atoms with Crippen molar-refractivity contribution in [3.63, 3.8) is 0 Å². The second-order valence-corrected chi connectivity index (χ2v) is 8.26. The fraction of sp³-hybridized carbons (Fsp3) is 0.400. The minimum atomic E-state index is 0.229. The summed E-state index contributed by atoms with van der Waals surface area (Å²) in [6, 6.07) is 14.2. The summed E-state index contributed by atoms with van der Waals surface area (Å²) in [4.78, 5) is 15.0. The lowest BCUT2D eigenvalue weighted by Crippen LogP contribution is -2.38. The maximum Gasteiger partial charge on any atom is 0.227 e. The van der Waals surface area contributed by atoms with E-state index in [1.165, 1.54) is 0 Å². The maximum atomic E-state index is 12.9. The normalized spacial score (nSPS) is 14.8. The molecule has 1 amide bonds. The van der Waals surface area contributed by atoms with Crippen LogP contribution in [0.3, 0.4) is 0 Å². The Morgan fingerprint density at radius 3 is 2.37 bits per heavy atom. The van der Waals surface area contributed by atoms with Crippen LogP contribution in [-0.4, -0.2) is 42.7 Å². The molecule has 0 aliphatic carbocycles. The van der Waals surface area contributed by atoms with Gasteiger partial charge >= 0.3 is 0 Å². The Morgan fingerprint density at radius 2 is 1.70 bits per heavy atom. The number of fused-ring (bicyclic) bond motifs is 1. The van der Waals surface area contributed by atoms with Crippen LogP contribution in [0.2, 0.25) is 0 Å². The van der Waals surface area contributed by atoms with E-state index >= 15 is 0 Å². The van der Waals surface area contributed by atoms with E-state index in [1.54, 1.807) is 14.2 Å². The van der Waals surface area contributed by atoms with Gasteiger partial charge in [0.25, 0.3) is 0 Å². The number of piperidine rings is 1. The number of rotatable bonds is 6. The van der Waals surface area contributed by atoms with Gasteiger partial charge in [-0.3, -0.25) is 4.79 Å². The molecule has 0 spiro atoms. The number of para-hydroxylation sites is 1. The van der Waals surface area contributed by atoms with Crippen molar-refractivity contribution in [2.45, 2.75) is 32.7 Å². The molecule has 0 unspecified atom stereocenters. The van der Waals surface area contributed by atoms with Crippen LogP contribution in [0, 0.1) is 5.92 Å². The highest BCUT2D eigenvalue weighted by atomic mass is 16.5. The van der Waals surface area contributed by atoms with Gasteiger partial charge in [-0.25, -0.2) is 0 Å². The van der Waals surface area contributed by atoms with Crippen LogP contribution < -0.4 is 9.47 Å². The molecule has 0 radical (unpaired) electrons. The molecule has 4 rings (SSSR count). The van der Waals surface area contributed by atoms with E-state index in [2.05, 4.69) is 29.8 Å². The number of ether oxygens (including phenoxy) is 2. The highest BCUT2D eigenvalue weighted by Gasteiger charge is 2.21. The largest absolute Gasteiger partial charge is 0.497 e. The second kappa shape index (κ2) is 8.82. The zero-order valence-electron chi connectivity index (χ0n) is 18.1. The zero-order valence-corrected chi connectivity index (χ0v) is 18.1. The van der Waals surface area contributed by atoms with E-state index in [-0.39, 0.29) is 5.91 Å². The third-order valence-corrected chi connectivity index (χ3v) is 6.11. The van der Waals surface area contributed by atoms with Crippen molar-refractivity contribution >= 4 is 16.8 Å². The molecule has 1 aliphatic rings. The van der Waals surface area contributed by atoms with Crippen molar-refractivity contribution in [2.24, 2.45) is 5.92 Å². The number of carbonyl (C=O) groups is 1. The number of likely N-dealkylation sites (tertiary alicyclic amines) is 1. The first-order valence-electron chi connectivity index (χ1n) is 10.6. The highest BCUT2D eigenvalue weighted by molar-refractivity contribution is 5.89. The van der Waals surface area contributed by atoms with Gasteiger partial charge in [-0.05, 0) is 48.1 Å². The molecule has 2 heterocycles. The number of carbonyl (C=O) groups excluding carboxylic acids is 1. The molecular weight excluding hydrogens is 376 g/mol. The van der Waals surface area contributed by atoms with Gasteiger partial charge in [-0.1, -0.05) is 25.1 Å². The van der Waals surface area contributed by atoms with Crippen LogP contribution in [0.1, 0.15) is 30.9 Å². The van der Waals surface area contributed by atoms with E-state index in [1.807, 2.05) is 35.2 Å². The van der Waals surface area contributed by atoms with Gasteiger partial charge in [0.2, 0.25) is 5.91 Å². The molecule has 30 heavy (non-hydrogen) atoms. The summed E-state index contributed by atoms with van der Waals surface area (Å²) in [6.45, 7) is 4.71. The molecular formula is C25H30N2O3. The predicted molar refractivity (Wildman–Crippen MR) is 119 cm³/mol. The lowest BCUT2D eigenvalue weighted by Gasteiger charge is -2.30. The van der Waals surface area contributed by atoms with Crippen LogP contribution in [0.25, 0.3) is 10.9 Å². The first-order valence-corrected chi connectivity index (χ1v) is 10.6. The second-order valence-electron chi connectivity index (χ2n) is 8.26. The molecule has 1 saturated heterocycles. The van der Waals surface area contributed by atoms with Crippen molar-refractivity contribution in [3.8, 4) is 11.5 Å². The number of methoxy groups -OCH3 is 2. The van der Waals surface area contributed by atoms with Gasteiger partial charge in [0.05, 0.1) is 20.6 Å². The van der Waals surface area contributed by atoms with E-state index in [4.69, 9.17) is 9.47 Å². The third-order valence-electron chi connectivity index (χ3n) is 6.11. The van der Waals surface area contributed by atoms with Crippen LogP contribution >= 0.6 is 0 Å². The van der Waals surface area contributed by atoms with Gasteiger partial charge < -0.3 is 18.9 Å². The summed E-state index contributed by atoms with van der Waals surface area (Å²) < 4.78 is 13.0. The van der Waals surface area contributed by atoms with Gasteiger partial charge in [-0.15, -0.1) is 0 Å². The van der Waals surface area contributed by atoms with Gasteiger partial charge in [0.15, 0.2) is 0 Å². The predicted octanol–water partition coefficient (Wildman–Crippen LogP) is 4.51. The van der Waals surface area contributed by atoms with Crippen molar-refractivity contribution in [2.75, 3.05) is 27.3 Å². The standard InChI is InChI=1S/C25H30N2O3/c1-18-8-10-26(11-9-18)25(28)14-20-17-27(24-7-5-4-6-23(20)24)16-19-12-21(29-2)15-22(13-19)30-3/h4-7,12-13,15,17-18H,8-11,14,16H2,1-3H3. The summed E-state index contributed by atoms with van der Waals surface area (Å²) in [6.07, 6.45) is 4.78. The molecule has 2 aromatic carbocycles. The lowest BCUT2D eigenvalue weighted by molar-refractivity contribution is -0.131. The Balaban J connectivity index is 1.60. The van der Waals surface area contributed by atoms with Crippen molar-refractivity contribution in [3.05, 3.63) is 59.8 Å². The summed E-state index contributed by atoms with van der Waals surface area (Å²) in [5.74, 6) is 2.50. The van der Waals surface area contributed by atoms with Gasteiger partial charge in [0, 0.05) is 42.8 Å². The molecule has 158 valence electrons. The number of hydrogen-bond donors (Lipinski definition) is 0. The van der Waals surface area contributed by atoms with Crippen LogP contribution in [0.5, 0.6) is 11.5 Å². The summed E-state index contributed by atoms with van der Waals surface area (Å²) in [7, 11) is 3.32. The zero-order chi connectivity index (χ0) is 21.1. The fourth-order valence-electron chi connectivity index (χ4n) is 4.28. The number of hydrogen-bond acceptors (Lipinski definition) is 3. The molecule has 1 aliphatic heterocycles. The molecule has 5 heteroatoms. The highest BCUT2D eigenvalue weighted by Crippen LogP contribution is 2.27. The monoisotopic (exact) mass is 406 g/mol. The van der Waals surface area contributed by atoms with Crippen molar-refractivity contribution in [1.29, 1.82) is 0 Å². The number of amides is 1. The van der Waals surface area contributed by atoms with E-state index in [9.17, 15) is 4.79 Å². The summed E-state index contributed by atoms with van der Waals surface area (Å²) in [5, 5.41) is 1.14. The minimum Gasteiger partial charge on any atom is -0.497 e. The average Bonchev–Trinajstić information content (AvgIpc) is 3.11. The summed E-state index contributed by atoms with van der Waals surface area (Å²) >= 11 is 0. The quantitative estimate of drug-likeness (QED) is 0.605. The van der Waals surface area contributed by atoms with Crippen molar-refractivity contribution in [1.82, 2.24) is 9.47 Å². The van der Waals surface area contributed by atoms with Crippen LogP contribution in [0.15, 0.2) is 48.7 Å². The first kappa shape index (κ1) is 20.3. The first-order chi connectivity index (χ1) is 14.6. The molecule has 5 nitrogen and oxygen atoms in total. The Morgan fingerprint density at radius 1 is 1.03 bits per heavy atom. The SMILES string of the molecule is COc1cc(Cn2cc(CC(=O)N3CCC(C)CC3)c3ccccc32)cc(OC)c1. The van der Waals surface area contributed by atoms with E-state index < -0.39 is 0 Å². The van der Waals surface area contributed by atoms with Crippen LogP contribution in [0.4, 0.5) is 0 Å².